The zero-order valence-corrected chi connectivity index (χ0v) is 14.6. The van der Waals surface area contributed by atoms with E-state index in [0.29, 0.717) is 17.7 Å². The lowest BCUT2D eigenvalue weighted by molar-refractivity contribution is 0.0651. The normalized spacial score (nSPS) is 13.7. The van der Waals surface area contributed by atoms with Crippen LogP contribution in [0.15, 0.2) is 48.5 Å². The van der Waals surface area contributed by atoms with Crippen molar-refractivity contribution in [1.82, 2.24) is 9.88 Å². The zero-order chi connectivity index (χ0) is 17.2. The number of rotatable bonds is 6. The van der Waals surface area contributed by atoms with E-state index < -0.39 is 0 Å². The lowest BCUT2D eigenvalue weighted by atomic mass is 10.1. The maximum Gasteiger partial charge on any atom is 0.261 e. The van der Waals surface area contributed by atoms with Gasteiger partial charge in [-0.05, 0) is 43.5 Å². The smallest absolute Gasteiger partial charge is 0.261 e. The molecular weight excluding hydrogens is 332 g/mol. The van der Waals surface area contributed by atoms with E-state index in [-0.39, 0.29) is 11.8 Å². The molecule has 0 aliphatic carbocycles. The van der Waals surface area contributed by atoms with E-state index in [4.69, 9.17) is 0 Å². The van der Waals surface area contributed by atoms with Crippen LogP contribution in [0.5, 0.6) is 0 Å². The average molecular weight is 350 g/mol. The lowest BCUT2D eigenvalue weighted by Crippen LogP contribution is -2.30. The molecule has 2 heterocycles. The summed E-state index contributed by atoms with van der Waals surface area (Å²) in [7, 11) is 0. The number of hydrogen-bond acceptors (Lipinski definition) is 4. The Morgan fingerprint density at radius 1 is 0.840 bits per heavy atom. The number of benzene rings is 2. The predicted octanol–water partition coefficient (Wildman–Crippen LogP) is 4.31. The Kier molecular flexibility index (Phi) is 4.32. The molecule has 0 N–H and O–H groups in total. The first kappa shape index (κ1) is 16.0. The Labute approximate surface area is 150 Å². The molecule has 4 nitrogen and oxygen atoms in total. The third kappa shape index (κ3) is 3.07. The van der Waals surface area contributed by atoms with Crippen LogP contribution < -0.4 is 0 Å². The summed E-state index contributed by atoms with van der Waals surface area (Å²) >= 11 is 1.74. The Bertz CT molecular complexity index is 880. The van der Waals surface area contributed by atoms with E-state index in [1.54, 1.807) is 35.6 Å². The van der Waals surface area contributed by atoms with Gasteiger partial charge in [-0.25, -0.2) is 4.98 Å². The Morgan fingerprint density at radius 2 is 1.52 bits per heavy atom. The molecule has 2 amide bonds. The van der Waals surface area contributed by atoms with E-state index in [0.717, 1.165) is 36.2 Å². The van der Waals surface area contributed by atoms with E-state index in [1.807, 2.05) is 18.2 Å². The fourth-order valence-corrected chi connectivity index (χ4v) is 4.20. The standard InChI is InChI=1S/C20H18N2O2S/c23-19-14-8-3-4-9-15(14)20(24)22(19)13-7-1-2-12-18-21-16-10-5-6-11-17(16)25-18/h3-6,8-11H,1-2,7,12-13H2. The summed E-state index contributed by atoms with van der Waals surface area (Å²) in [6.45, 7) is 0.492. The molecule has 0 spiro atoms. The maximum atomic E-state index is 12.3. The van der Waals surface area contributed by atoms with Gasteiger partial charge >= 0.3 is 0 Å². The number of para-hydroxylation sites is 1. The molecule has 0 unspecified atom stereocenters. The Hall–Kier alpha value is -2.53. The lowest BCUT2D eigenvalue weighted by Gasteiger charge is -2.13. The van der Waals surface area contributed by atoms with Gasteiger partial charge in [0.15, 0.2) is 0 Å². The molecule has 1 aromatic heterocycles. The van der Waals surface area contributed by atoms with Crippen LogP contribution in [-0.2, 0) is 6.42 Å². The van der Waals surface area contributed by atoms with Gasteiger partial charge in [-0.2, -0.15) is 0 Å². The second kappa shape index (κ2) is 6.76. The molecule has 126 valence electrons. The molecule has 4 rings (SSSR count). The van der Waals surface area contributed by atoms with Crippen LogP contribution >= 0.6 is 11.3 Å². The summed E-state index contributed by atoms with van der Waals surface area (Å²) in [6, 6.07) is 15.2. The first-order chi connectivity index (χ1) is 12.2. The summed E-state index contributed by atoms with van der Waals surface area (Å²) in [5.41, 5.74) is 2.12. The molecule has 1 aliphatic rings. The minimum Gasteiger partial charge on any atom is -0.274 e. The zero-order valence-electron chi connectivity index (χ0n) is 13.8. The monoisotopic (exact) mass is 350 g/mol. The van der Waals surface area contributed by atoms with Crippen molar-refractivity contribution < 1.29 is 9.59 Å². The van der Waals surface area contributed by atoms with Gasteiger partial charge in [-0.1, -0.05) is 30.7 Å². The molecule has 0 bridgehead atoms. The molecule has 2 aromatic carbocycles. The van der Waals surface area contributed by atoms with Crippen molar-refractivity contribution in [3.05, 3.63) is 64.7 Å². The van der Waals surface area contributed by atoms with Crippen LogP contribution in [0.1, 0.15) is 45.0 Å². The summed E-state index contributed by atoms with van der Waals surface area (Å²) in [6.07, 6.45) is 3.77. The van der Waals surface area contributed by atoms with Gasteiger partial charge in [0.25, 0.3) is 11.8 Å². The highest BCUT2D eigenvalue weighted by Gasteiger charge is 2.34. The molecule has 0 saturated carbocycles. The quantitative estimate of drug-likeness (QED) is 0.492. The Balaban J connectivity index is 1.27. The molecule has 3 aromatic rings. The van der Waals surface area contributed by atoms with Crippen molar-refractivity contribution in [1.29, 1.82) is 0 Å². The Morgan fingerprint density at radius 3 is 2.24 bits per heavy atom. The fraction of sp³-hybridized carbons (Fsp3) is 0.250. The van der Waals surface area contributed by atoms with Crippen molar-refractivity contribution in [2.45, 2.75) is 25.7 Å². The number of aryl methyl sites for hydroxylation is 1. The fourth-order valence-electron chi connectivity index (χ4n) is 3.19. The van der Waals surface area contributed by atoms with Gasteiger partial charge in [-0.3, -0.25) is 14.5 Å². The molecular formula is C20H18N2O2S. The number of thiazole rings is 1. The largest absolute Gasteiger partial charge is 0.274 e. The van der Waals surface area contributed by atoms with E-state index >= 15 is 0 Å². The number of nitrogens with zero attached hydrogens (tertiary/aromatic N) is 2. The minimum atomic E-state index is -0.160. The van der Waals surface area contributed by atoms with Crippen molar-refractivity contribution in [3.8, 4) is 0 Å². The van der Waals surface area contributed by atoms with E-state index in [2.05, 4.69) is 11.1 Å². The highest BCUT2D eigenvalue weighted by Crippen LogP contribution is 2.24. The van der Waals surface area contributed by atoms with Gasteiger partial charge in [-0.15, -0.1) is 11.3 Å². The molecule has 0 fully saturated rings. The van der Waals surface area contributed by atoms with Gasteiger partial charge < -0.3 is 0 Å². The molecule has 5 heteroatoms. The number of unbranched alkanes of at least 4 members (excludes halogenated alkanes) is 2. The van der Waals surface area contributed by atoms with Crippen LogP contribution in [0, 0.1) is 0 Å². The van der Waals surface area contributed by atoms with Crippen molar-refractivity contribution in [2.24, 2.45) is 0 Å². The average Bonchev–Trinajstić information content (AvgIpc) is 3.15. The van der Waals surface area contributed by atoms with Crippen molar-refractivity contribution in [3.63, 3.8) is 0 Å². The van der Waals surface area contributed by atoms with Gasteiger partial charge in [0.2, 0.25) is 0 Å². The van der Waals surface area contributed by atoms with Gasteiger partial charge in [0.1, 0.15) is 0 Å². The van der Waals surface area contributed by atoms with Gasteiger partial charge in [0, 0.05) is 6.54 Å². The van der Waals surface area contributed by atoms with Crippen LogP contribution in [0.2, 0.25) is 0 Å². The molecule has 1 aliphatic heterocycles. The second-order valence-corrected chi connectivity index (χ2v) is 7.31. The van der Waals surface area contributed by atoms with Gasteiger partial charge in [0.05, 0.1) is 26.4 Å². The van der Waals surface area contributed by atoms with Crippen LogP contribution in [0.3, 0.4) is 0 Å². The number of imide groups is 1. The first-order valence-electron chi connectivity index (χ1n) is 8.54. The SMILES string of the molecule is O=C1c2ccccc2C(=O)N1CCCCCc1nc2ccccc2s1. The predicted molar refractivity (Wildman–Crippen MR) is 99.0 cm³/mol. The number of carbonyl (C=O) groups is 2. The number of aromatic nitrogens is 1. The van der Waals surface area contributed by atoms with Crippen molar-refractivity contribution in [2.75, 3.05) is 6.54 Å². The molecule has 25 heavy (non-hydrogen) atoms. The molecule has 0 radical (unpaired) electrons. The molecule has 0 saturated heterocycles. The third-order valence-electron chi connectivity index (χ3n) is 4.49. The van der Waals surface area contributed by atoms with Crippen LogP contribution in [-0.4, -0.2) is 28.2 Å². The summed E-state index contributed by atoms with van der Waals surface area (Å²) in [4.78, 5) is 30.6. The highest BCUT2D eigenvalue weighted by molar-refractivity contribution is 7.18. The topological polar surface area (TPSA) is 50.3 Å². The van der Waals surface area contributed by atoms with Crippen LogP contribution in [0.4, 0.5) is 0 Å². The van der Waals surface area contributed by atoms with Crippen molar-refractivity contribution >= 4 is 33.4 Å². The summed E-state index contributed by atoms with van der Waals surface area (Å²) < 4.78 is 1.23. The third-order valence-corrected chi connectivity index (χ3v) is 5.58. The number of amides is 2. The summed E-state index contributed by atoms with van der Waals surface area (Å²) in [5.74, 6) is -0.321. The second-order valence-electron chi connectivity index (χ2n) is 6.19. The maximum absolute atomic E-state index is 12.3. The number of hydrogen-bond donors (Lipinski definition) is 0. The highest BCUT2D eigenvalue weighted by atomic mass is 32.1. The minimum absolute atomic E-state index is 0.160. The van der Waals surface area contributed by atoms with E-state index in [9.17, 15) is 9.59 Å². The molecule has 0 atom stereocenters. The summed E-state index contributed by atoms with van der Waals surface area (Å²) in [5, 5.41) is 1.15. The number of fused-ring (bicyclic) bond motifs is 2. The van der Waals surface area contributed by atoms with Crippen LogP contribution in [0.25, 0.3) is 10.2 Å². The first-order valence-corrected chi connectivity index (χ1v) is 9.35. The number of carbonyl (C=O) groups excluding carboxylic acids is 2. The van der Waals surface area contributed by atoms with E-state index in [1.165, 1.54) is 9.60 Å².